The van der Waals surface area contributed by atoms with Crippen molar-refractivity contribution in [2.45, 2.75) is 26.2 Å². The van der Waals surface area contributed by atoms with Crippen LogP contribution in [0.2, 0.25) is 0 Å². The molecular formula is C5H11N3S. The Kier molecular flexibility index (Phi) is 1.87. The first-order valence-corrected chi connectivity index (χ1v) is 3.42. The molecule has 0 bridgehead atoms. The first kappa shape index (κ1) is 6.77. The monoisotopic (exact) mass is 145 g/mol. The van der Waals surface area contributed by atoms with Crippen molar-refractivity contribution in [1.82, 2.24) is 16.0 Å². The third-order valence-electron chi connectivity index (χ3n) is 1.20. The van der Waals surface area contributed by atoms with E-state index in [0.29, 0.717) is 0 Å². The average molecular weight is 145 g/mol. The first-order chi connectivity index (χ1) is 4.18. The Morgan fingerprint density at radius 2 is 1.67 bits per heavy atom. The molecule has 1 saturated heterocycles. The minimum Gasteiger partial charge on any atom is -0.348 e. The van der Waals surface area contributed by atoms with E-state index >= 15 is 0 Å². The third kappa shape index (κ3) is 1.80. The molecule has 0 aliphatic carbocycles. The molecule has 1 aliphatic rings. The molecular weight excluding hydrogens is 134 g/mol. The van der Waals surface area contributed by atoms with E-state index in [1.54, 1.807) is 0 Å². The quantitative estimate of drug-likeness (QED) is 0.411. The fourth-order valence-corrected chi connectivity index (χ4v) is 1.25. The average Bonchev–Trinajstić information content (AvgIpc) is 1.59. The topological polar surface area (TPSA) is 36.1 Å². The predicted molar refractivity (Wildman–Crippen MR) is 40.9 cm³/mol. The van der Waals surface area contributed by atoms with E-state index < -0.39 is 0 Å². The molecule has 2 atom stereocenters. The maximum Gasteiger partial charge on any atom is 0.168 e. The van der Waals surface area contributed by atoms with E-state index in [0.717, 1.165) is 5.11 Å². The summed E-state index contributed by atoms with van der Waals surface area (Å²) in [6.45, 7) is 4.06. The lowest BCUT2D eigenvalue weighted by Gasteiger charge is -2.30. The zero-order valence-corrected chi connectivity index (χ0v) is 6.38. The summed E-state index contributed by atoms with van der Waals surface area (Å²) < 4.78 is 0. The molecule has 52 valence electrons. The van der Waals surface area contributed by atoms with Gasteiger partial charge in [-0.3, -0.25) is 5.32 Å². The highest BCUT2D eigenvalue weighted by Crippen LogP contribution is 1.87. The van der Waals surface area contributed by atoms with Gasteiger partial charge in [-0.15, -0.1) is 0 Å². The molecule has 9 heavy (non-hydrogen) atoms. The van der Waals surface area contributed by atoms with E-state index in [4.69, 9.17) is 12.2 Å². The zero-order valence-electron chi connectivity index (χ0n) is 5.56. The molecule has 0 amide bonds. The third-order valence-corrected chi connectivity index (χ3v) is 1.43. The molecule has 0 aromatic carbocycles. The van der Waals surface area contributed by atoms with Crippen molar-refractivity contribution in [3.63, 3.8) is 0 Å². The van der Waals surface area contributed by atoms with Gasteiger partial charge in [0.25, 0.3) is 0 Å². The summed E-state index contributed by atoms with van der Waals surface area (Å²) >= 11 is 4.90. The summed E-state index contributed by atoms with van der Waals surface area (Å²) in [5, 5.41) is 9.97. The van der Waals surface area contributed by atoms with Gasteiger partial charge in [0.15, 0.2) is 5.11 Å². The van der Waals surface area contributed by atoms with Crippen LogP contribution in [0.1, 0.15) is 13.8 Å². The van der Waals surface area contributed by atoms with Crippen LogP contribution in [0.5, 0.6) is 0 Å². The maximum absolute atomic E-state index is 4.90. The molecule has 0 aromatic heterocycles. The summed E-state index contributed by atoms with van der Waals surface area (Å²) in [7, 11) is 0. The van der Waals surface area contributed by atoms with Crippen LogP contribution in [-0.2, 0) is 0 Å². The number of nitrogens with one attached hydrogen (secondary N) is 3. The van der Waals surface area contributed by atoms with E-state index in [1.165, 1.54) is 0 Å². The second kappa shape index (κ2) is 2.49. The minimum atomic E-state index is 0.286. The molecule has 0 unspecified atom stereocenters. The summed E-state index contributed by atoms with van der Waals surface area (Å²) in [6.07, 6.45) is 0.572. The Hall–Kier alpha value is -0.350. The highest BCUT2D eigenvalue weighted by molar-refractivity contribution is 7.80. The minimum absolute atomic E-state index is 0.286. The van der Waals surface area contributed by atoms with Gasteiger partial charge in [-0.1, -0.05) is 0 Å². The Balaban J connectivity index is 2.43. The van der Waals surface area contributed by atoms with Crippen LogP contribution < -0.4 is 16.0 Å². The fourth-order valence-electron chi connectivity index (χ4n) is 0.893. The molecule has 3 nitrogen and oxygen atoms in total. The molecule has 0 spiro atoms. The van der Waals surface area contributed by atoms with Crippen LogP contribution >= 0.6 is 12.2 Å². The van der Waals surface area contributed by atoms with E-state index in [9.17, 15) is 0 Å². The van der Waals surface area contributed by atoms with Crippen LogP contribution in [0.25, 0.3) is 0 Å². The highest BCUT2D eigenvalue weighted by atomic mass is 32.1. The smallest absolute Gasteiger partial charge is 0.168 e. The molecule has 1 fully saturated rings. The van der Waals surface area contributed by atoms with Gasteiger partial charge >= 0.3 is 0 Å². The van der Waals surface area contributed by atoms with E-state index in [1.807, 2.05) is 13.8 Å². The van der Waals surface area contributed by atoms with Crippen molar-refractivity contribution >= 4 is 17.3 Å². The normalized spacial score (nSPS) is 35.1. The van der Waals surface area contributed by atoms with Crippen molar-refractivity contribution in [2.75, 3.05) is 0 Å². The summed E-state index contributed by atoms with van der Waals surface area (Å²) in [4.78, 5) is 0. The molecule has 1 aliphatic heterocycles. The first-order valence-electron chi connectivity index (χ1n) is 3.01. The summed E-state index contributed by atoms with van der Waals surface area (Å²) in [6, 6.07) is 0. The zero-order chi connectivity index (χ0) is 6.85. The Morgan fingerprint density at radius 3 is 2.00 bits per heavy atom. The number of rotatable bonds is 0. The van der Waals surface area contributed by atoms with Crippen LogP contribution in [0.3, 0.4) is 0 Å². The predicted octanol–water partition coefficient (Wildman–Crippen LogP) is -0.254. The molecule has 0 radical (unpaired) electrons. The van der Waals surface area contributed by atoms with Crippen LogP contribution in [0.15, 0.2) is 0 Å². The van der Waals surface area contributed by atoms with Gasteiger partial charge in [0.1, 0.15) is 0 Å². The Labute approximate surface area is 60.2 Å². The van der Waals surface area contributed by atoms with Crippen LogP contribution in [-0.4, -0.2) is 17.4 Å². The second-order valence-corrected chi connectivity index (χ2v) is 2.64. The van der Waals surface area contributed by atoms with Crippen molar-refractivity contribution in [3.8, 4) is 0 Å². The SMILES string of the molecule is C[C@@H]1NC(=S)N[C@@H](C)N1. The lowest BCUT2D eigenvalue weighted by molar-refractivity contribution is 0.392. The molecule has 3 N–H and O–H groups in total. The number of thiocarbonyl (C=S) groups is 1. The molecule has 0 aromatic rings. The van der Waals surface area contributed by atoms with Crippen LogP contribution in [0.4, 0.5) is 0 Å². The van der Waals surface area contributed by atoms with E-state index in [-0.39, 0.29) is 12.3 Å². The number of hydrogen-bond acceptors (Lipinski definition) is 2. The lowest BCUT2D eigenvalue weighted by Crippen LogP contribution is -2.62. The second-order valence-electron chi connectivity index (χ2n) is 2.23. The molecule has 1 heterocycles. The largest absolute Gasteiger partial charge is 0.348 e. The number of hydrogen-bond donors (Lipinski definition) is 3. The van der Waals surface area contributed by atoms with E-state index in [2.05, 4.69) is 16.0 Å². The Bertz CT molecular complexity index is 113. The van der Waals surface area contributed by atoms with Gasteiger partial charge in [0, 0.05) is 0 Å². The van der Waals surface area contributed by atoms with Gasteiger partial charge < -0.3 is 10.6 Å². The highest BCUT2D eigenvalue weighted by Gasteiger charge is 2.13. The van der Waals surface area contributed by atoms with Crippen LogP contribution in [0, 0.1) is 0 Å². The molecule has 0 saturated carbocycles. The maximum atomic E-state index is 4.90. The van der Waals surface area contributed by atoms with Crippen molar-refractivity contribution in [3.05, 3.63) is 0 Å². The lowest BCUT2D eigenvalue weighted by atomic mass is 10.4. The van der Waals surface area contributed by atoms with Crippen molar-refractivity contribution in [1.29, 1.82) is 0 Å². The van der Waals surface area contributed by atoms with Gasteiger partial charge in [0.05, 0.1) is 12.3 Å². The standard InChI is InChI=1S/C5H11N3S/c1-3-6-4(2)8-5(9)7-3/h3-4,6H,1-2H3,(H2,7,8,9)/t3-,4-/m0/s1. The van der Waals surface area contributed by atoms with Crippen molar-refractivity contribution in [2.24, 2.45) is 0 Å². The molecule has 4 heteroatoms. The van der Waals surface area contributed by atoms with Crippen molar-refractivity contribution < 1.29 is 0 Å². The van der Waals surface area contributed by atoms with Gasteiger partial charge in [-0.2, -0.15) is 0 Å². The summed E-state index contributed by atoms with van der Waals surface area (Å²) in [5.41, 5.74) is 0. The van der Waals surface area contributed by atoms with Gasteiger partial charge in [-0.05, 0) is 26.1 Å². The molecule has 1 rings (SSSR count). The fraction of sp³-hybridized carbons (Fsp3) is 0.800. The summed E-state index contributed by atoms with van der Waals surface area (Å²) in [5.74, 6) is 0. The Morgan fingerprint density at radius 1 is 1.22 bits per heavy atom. The van der Waals surface area contributed by atoms with Gasteiger partial charge in [-0.25, -0.2) is 0 Å². The van der Waals surface area contributed by atoms with Gasteiger partial charge in [0.2, 0.25) is 0 Å².